The Bertz CT molecular complexity index is 620. The number of carbonyl (C=O) groups is 2. The highest BCUT2D eigenvalue weighted by Crippen LogP contribution is 2.20. The molecule has 126 valence electrons. The number of nitrogens with one attached hydrogen (secondary N) is 2. The van der Waals surface area contributed by atoms with Crippen molar-refractivity contribution in [2.45, 2.75) is 31.8 Å². The van der Waals surface area contributed by atoms with Crippen LogP contribution in [0.25, 0.3) is 0 Å². The fourth-order valence-corrected chi connectivity index (χ4v) is 1.92. The van der Waals surface area contributed by atoms with Gasteiger partial charge in [0.2, 0.25) is 11.8 Å². The quantitative estimate of drug-likeness (QED) is 0.780. The highest BCUT2D eigenvalue weighted by atomic mass is 19.2. The molecule has 0 radical (unpaired) electrons. The van der Waals surface area contributed by atoms with E-state index in [0.29, 0.717) is 0 Å². The van der Waals surface area contributed by atoms with Gasteiger partial charge in [-0.3, -0.25) is 14.5 Å². The van der Waals surface area contributed by atoms with Gasteiger partial charge in [0, 0.05) is 6.04 Å². The Morgan fingerprint density at radius 1 is 1.26 bits per heavy atom. The van der Waals surface area contributed by atoms with Crippen molar-refractivity contribution >= 4 is 17.5 Å². The van der Waals surface area contributed by atoms with Crippen LogP contribution in [0, 0.1) is 17.5 Å². The Hall–Kier alpha value is -2.09. The number of nitrogens with zero attached hydrogens (tertiary/aromatic N) is 1. The van der Waals surface area contributed by atoms with E-state index in [1.807, 2.05) is 0 Å². The van der Waals surface area contributed by atoms with Crippen LogP contribution in [0.2, 0.25) is 0 Å². The average molecular weight is 329 g/mol. The number of hydrogen-bond acceptors (Lipinski definition) is 3. The van der Waals surface area contributed by atoms with Crippen LogP contribution in [0.5, 0.6) is 0 Å². The van der Waals surface area contributed by atoms with Crippen LogP contribution in [-0.2, 0) is 9.59 Å². The molecule has 1 aromatic carbocycles. The van der Waals surface area contributed by atoms with Crippen LogP contribution in [0.15, 0.2) is 12.1 Å². The van der Waals surface area contributed by atoms with E-state index in [-0.39, 0.29) is 18.5 Å². The van der Waals surface area contributed by atoms with Gasteiger partial charge in [0.25, 0.3) is 0 Å². The lowest BCUT2D eigenvalue weighted by Crippen LogP contribution is -2.45. The first-order chi connectivity index (χ1) is 10.8. The smallest absolute Gasteiger partial charge is 0.241 e. The van der Waals surface area contributed by atoms with Crippen LogP contribution < -0.4 is 10.6 Å². The van der Waals surface area contributed by atoms with Crippen molar-refractivity contribution in [2.75, 3.05) is 18.9 Å². The first-order valence-electron chi connectivity index (χ1n) is 7.23. The van der Waals surface area contributed by atoms with Gasteiger partial charge in [0.1, 0.15) is 0 Å². The van der Waals surface area contributed by atoms with Crippen LogP contribution >= 0.6 is 0 Å². The largest absolute Gasteiger partial charge is 0.352 e. The zero-order valence-electron chi connectivity index (χ0n) is 12.8. The second-order valence-corrected chi connectivity index (χ2v) is 5.65. The third-order valence-corrected chi connectivity index (χ3v) is 3.67. The molecule has 1 aliphatic rings. The van der Waals surface area contributed by atoms with Crippen LogP contribution in [0.1, 0.15) is 19.8 Å². The summed E-state index contributed by atoms with van der Waals surface area (Å²) in [6.07, 6.45) is 1.92. The zero-order valence-corrected chi connectivity index (χ0v) is 12.8. The summed E-state index contributed by atoms with van der Waals surface area (Å²) in [5.41, 5.74) is -0.448. The summed E-state index contributed by atoms with van der Waals surface area (Å²) in [6.45, 7) is 1.53. The van der Waals surface area contributed by atoms with Crippen LogP contribution in [-0.4, -0.2) is 42.4 Å². The van der Waals surface area contributed by atoms with Crippen molar-refractivity contribution in [1.29, 1.82) is 0 Å². The van der Waals surface area contributed by atoms with E-state index in [1.54, 1.807) is 7.05 Å². The minimum absolute atomic E-state index is 0.00531. The number of rotatable bonds is 6. The molecule has 2 N–H and O–H groups in total. The minimum Gasteiger partial charge on any atom is -0.352 e. The Labute approximate surface area is 131 Å². The number of hydrogen-bond donors (Lipinski definition) is 2. The summed E-state index contributed by atoms with van der Waals surface area (Å²) in [7, 11) is 1.57. The molecule has 23 heavy (non-hydrogen) atoms. The van der Waals surface area contributed by atoms with Gasteiger partial charge in [-0.1, -0.05) is 0 Å². The van der Waals surface area contributed by atoms with E-state index in [9.17, 15) is 22.8 Å². The van der Waals surface area contributed by atoms with Gasteiger partial charge in [-0.2, -0.15) is 0 Å². The third kappa shape index (κ3) is 4.44. The van der Waals surface area contributed by atoms with Gasteiger partial charge >= 0.3 is 0 Å². The normalized spacial score (nSPS) is 15.4. The van der Waals surface area contributed by atoms with Crippen molar-refractivity contribution in [3.8, 4) is 0 Å². The average Bonchev–Trinajstić information content (AvgIpc) is 3.30. The Kier molecular flexibility index (Phi) is 5.25. The molecular formula is C15H18F3N3O2. The molecule has 5 nitrogen and oxygen atoms in total. The molecule has 1 saturated carbocycles. The fraction of sp³-hybridized carbons (Fsp3) is 0.467. The predicted molar refractivity (Wildman–Crippen MR) is 78.2 cm³/mol. The van der Waals surface area contributed by atoms with Crippen LogP contribution in [0.3, 0.4) is 0 Å². The summed E-state index contributed by atoms with van der Waals surface area (Å²) >= 11 is 0. The second-order valence-electron chi connectivity index (χ2n) is 5.65. The summed E-state index contributed by atoms with van der Waals surface area (Å²) in [6, 6.07) is 1.13. The summed E-state index contributed by atoms with van der Waals surface area (Å²) in [4.78, 5) is 25.2. The molecular weight excluding hydrogens is 311 g/mol. The number of benzene rings is 1. The number of amides is 2. The van der Waals surface area contributed by atoms with E-state index in [0.717, 1.165) is 25.0 Å². The zero-order chi connectivity index (χ0) is 17.1. The number of likely N-dealkylation sites (N-methyl/N-ethyl adjacent to an activating group) is 1. The van der Waals surface area contributed by atoms with Crippen molar-refractivity contribution in [1.82, 2.24) is 10.2 Å². The number of carbonyl (C=O) groups excluding carboxylic acids is 2. The summed E-state index contributed by atoms with van der Waals surface area (Å²) in [5.74, 6) is -5.26. The molecule has 0 spiro atoms. The van der Waals surface area contributed by atoms with Crippen LogP contribution in [0.4, 0.5) is 18.9 Å². The molecule has 0 aliphatic heterocycles. The SMILES string of the molecule is C[C@H](C(=O)Nc1ccc(F)c(F)c1F)N(C)CC(=O)NC1CC1. The van der Waals surface area contributed by atoms with Crippen molar-refractivity contribution in [3.63, 3.8) is 0 Å². The lowest BCUT2D eigenvalue weighted by molar-refractivity contribution is -0.124. The Morgan fingerprint density at radius 3 is 2.52 bits per heavy atom. The van der Waals surface area contributed by atoms with E-state index < -0.39 is 35.1 Å². The van der Waals surface area contributed by atoms with Gasteiger partial charge in [-0.25, -0.2) is 13.2 Å². The lowest BCUT2D eigenvalue weighted by Gasteiger charge is -2.23. The Morgan fingerprint density at radius 2 is 1.91 bits per heavy atom. The monoisotopic (exact) mass is 329 g/mol. The van der Waals surface area contributed by atoms with Gasteiger partial charge in [0.15, 0.2) is 17.5 Å². The fourth-order valence-electron chi connectivity index (χ4n) is 1.92. The third-order valence-electron chi connectivity index (χ3n) is 3.67. The first-order valence-corrected chi connectivity index (χ1v) is 7.23. The minimum atomic E-state index is -1.65. The maximum atomic E-state index is 13.5. The van der Waals surface area contributed by atoms with E-state index >= 15 is 0 Å². The molecule has 0 heterocycles. The molecule has 8 heteroatoms. The van der Waals surface area contributed by atoms with Gasteiger partial charge in [-0.15, -0.1) is 0 Å². The predicted octanol–water partition coefficient (Wildman–Crippen LogP) is 1.64. The van der Waals surface area contributed by atoms with Crippen molar-refractivity contribution < 1.29 is 22.8 Å². The molecule has 0 saturated heterocycles. The van der Waals surface area contributed by atoms with Gasteiger partial charge in [0.05, 0.1) is 18.3 Å². The molecule has 0 bridgehead atoms. The molecule has 1 fully saturated rings. The molecule has 1 aromatic rings. The molecule has 2 rings (SSSR count). The van der Waals surface area contributed by atoms with Gasteiger partial charge in [-0.05, 0) is 38.9 Å². The highest BCUT2D eigenvalue weighted by Gasteiger charge is 2.26. The summed E-state index contributed by atoms with van der Waals surface area (Å²) < 4.78 is 39.5. The molecule has 0 aromatic heterocycles. The van der Waals surface area contributed by atoms with E-state index in [2.05, 4.69) is 10.6 Å². The molecule has 1 atom stereocenters. The first kappa shape index (κ1) is 17.3. The van der Waals surface area contributed by atoms with E-state index in [4.69, 9.17) is 0 Å². The Balaban J connectivity index is 1.93. The maximum absolute atomic E-state index is 13.5. The maximum Gasteiger partial charge on any atom is 0.241 e. The molecule has 1 aliphatic carbocycles. The number of anilines is 1. The molecule has 2 amide bonds. The van der Waals surface area contributed by atoms with Crippen molar-refractivity contribution in [2.24, 2.45) is 0 Å². The lowest BCUT2D eigenvalue weighted by atomic mass is 10.2. The highest BCUT2D eigenvalue weighted by molar-refractivity contribution is 5.95. The topological polar surface area (TPSA) is 61.4 Å². The summed E-state index contributed by atoms with van der Waals surface area (Å²) in [5, 5.41) is 4.98. The second kappa shape index (κ2) is 6.99. The molecule has 0 unspecified atom stereocenters. The standard InChI is InChI=1S/C15H18F3N3O2/c1-8(21(2)7-12(22)19-9-3-4-9)15(23)20-11-6-5-10(16)13(17)14(11)18/h5-6,8-9H,3-4,7H2,1-2H3,(H,19,22)(H,20,23)/t8-/m1/s1. The van der Waals surface area contributed by atoms with Crippen molar-refractivity contribution in [3.05, 3.63) is 29.6 Å². The van der Waals surface area contributed by atoms with Gasteiger partial charge < -0.3 is 10.6 Å². The van der Waals surface area contributed by atoms with E-state index in [1.165, 1.54) is 11.8 Å². The number of halogens is 3.